The largest absolute Gasteiger partial charge is 0.490 e. The number of likely N-dealkylation sites (tertiary alicyclic amines) is 1. The molecule has 1 heterocycles. The van der Waals surface area contributed by atoms with Gasteiger partial charge in [0.15, 0.2) is 5.75 Å². The maximum absolute atomic E-state index is 12.3. The number of halogens is 1. The van der Waals surface area contributed by atoms with Crippen molar-refractivity contribution in [2.24, 2.45) is 5.92 Å². The van der Waals surface area contributed by atoms with Crippen LogP contribution in [0.15, 0.2) is 18.2 Å². The van der Waals surface area contributed by atoms with Gasteiger partial charge in [-0.25, -0.2) is 0 Å². The van der Waals surface area contributed by atoms with E-state index in [0.29, 0.717) is 36.2 Å². The van der Waals surface area contributed by atoms with Gasteiger partial charge in [-0.05, 0) is 26.0 Å². The minimum atomic E-state index is -0.328. The third kappa shape index (κ3) is 3.47. The lowest BCUT2D eigenvalue weighted by atomic mass is 10.1. The quantitative estimate of drug-likeness (QED) is 0.909. The average Bonchev–Trinajstić information content (AvgIpc) is 2.84. The monoisotopic (exact) mass is 310 g/mol. The van der Waals surface area contributed by atoms with E-state index in [4.69, 9.17) is 16.3 Å². The van der Waals surface area contributed by atoms with Crippen LogP contribution in [0.3, 0.4) is 0 Å². The molecule has 0 radical (unpaired) electrons. The summed E-state index contributed by atoms with van der Waals surface area (Å²) in [5, 5.41) is 3.27. The molecule has 1 aliphatic rings. The second-order valence-corrected chi connectivity index (χ2v) is 5.28. The maximum atomic E-state index is 12.3. The van der Waals surface area contributed by atoms with Crippen LogP contribution in [-0.2, 0) is 9.59 Å². The van der Waals surface area contributed by atoms with E-state index in [-0.39, 0.29) is 24.2 Å². The Kier molecular flexibility index (Phi) is 5.07. The SMILES string of the molecule is CCOc1c(Cl)cccc1NC(=O)[C@@H]1CC(=O)N(CC)C1. The van der Waals surface area contributed by atoms with Crippen molar-refractivity contribution in [3.05, 3.63) is 23.2 Å². The maximum Gasteiger partial charge on any atom is 0.229 e. The molecule has 5 nitrogen and oxygen atoms in total. The lowest BCUT2D eigenvalue weighted by Gasteiger charge is -2.16. The molecule has 1 aromatic carbocycles. The Bertz CT molecular complexity index is 548. The molecule has 114 valence electrons. The van der Waals surface area contributed by atoms with Gasteiger partial charge in [-0.3, -0.25) is 9.59 Å². The van der Waals surface area contributed by atoms with Crippen molar-refractivity contribution in [2.75, 3.05) is 25.0 Å². The van der Waals surface area contributed by atoms with E-state index in [1.54, 1.807) is 23.1 Å². The van der Waals surface area contributed by atoms with E-state index < -0.39 is 0 Å². The number of amides is 2. The van der Waals surface area contributed by atoms with Crippen molar-refractivity contribution < 1.29 is 14.3 Å². The number of nitrogens with one attached hydrogen (secondary N) is 1. The first-order valence-electron chi connectivity index (χ1n) is 7.06. The second-order valence-electron chi connectivity index (χ2n) is 4.87. The van der Waals surface area contributed by atoms with Gasteiger partial charge in [-0.1, -0.05) is 17.7 Å². The van der Waals surface area contributed by atoms with Crippen molar-refractivity contribution in [1.82, 2.24) is 4.90 Å². The molecule has 21 heavy (non-hydrogen) atoms. The summed E-state index contributed by atoms with van der Waals surface area (Å²) in [4.78, 5) is 25.7. The third-order valence-electron chi connectivity index (χ3n) is 3.48. The number of para-hydroxylation sites is 1. The molecule has 2 rings (SSSR count). The van der Waals surface area contributed by atoms with E-state index in [1.165, 1.54) is 0 Å². The molecule has 6 heteroatoms. The molecule has 0 saturated carbocycles. The van der Waals surface area contributed by atoms with Crippen LogP contribution in [-0.4, -0.2) is 36.4 Å². The van der Waals surface area contributed by atoms with E-state index in [2.05, 4.69) is 5.32 Å². The summed E-state index contributed by atoms with van der Waals surface area (Å²) in [5.41, 5.74) is 0.539. The molecule has 2 amide bonds. The van der Waals surface area contributed by atoms with Crippen LogP contribution in [0.2, 0.25) is 5.02 Å². The van der Waals surface area contributed by atoms with Crippen molar-refractivity contribution in [3.8, 4) is 5.75 Å². The number of hydrogen-bond donors (Lipinski definition) is 1. The number of ether oxygens (including phenoxy) is 1. The number of nitrogens with zero attached hydrogens (tertiary/aromatic N) is 1. The van der Waals surface area contributed by atoms with Crippen LogP contribution in [0, 0.1) is 5.92 Å². The molecule has 1 fully saturated rings. The number of rotatable bonds is 5. The Hall–Kier alpha value is -1.75. The van der Waals surface area contributed by atoms with Gasteiger partial charge >= 0.3 is 0 Å². The summed E-state index contributed by atoms with van der Waals surface area (Å²) in [5.74, 6) is -0.0195. The zero-order valence-corrected chi connectivity index (χ0v) is 12.9. The zero-order chi connectivity index (χ0) is 15.4. The molecule has 0 bridgehead atoms. The highest BCUT2D eigenvalue weighted by atomic mass is 35.5. The minimum Gasteiger partial charge on any atom is -0.490 e. The topological polar surface area (TPSA) is 58.6 Å². The Balaban J connectivity index is 2.10. The summed E-state index contributed by atoms with van der Waals surface area (Å²) in [6, 6.07) is 5.20. The number of hydrogen-bond acceptors (Lipinski definition) is 3. The van der Waals surface area contributed by atoms with Gasteiger partial charge in [-0.2, -0.15) is 0 Å². The van der Waals surface area contributed by atoms with Crippen LogP contribution in [0.25, 0.3) is 0 Å². The van der Waals surface area contributed by atoms with Gasteiger partial charge in [-0.15, -0.1) is 0 Å². The fourth-order valence-electron chi connectivity index (χ4n) is 2.39. The first-order valence-corrected chi connectivity index (χ1v) is 7.44. The fourth-order valence-corrected chi connectivity index (χ4v) is 2.62. The van der Waals surface area contributed by atoms with Gasteiger partial charge in [0.2, 0.25) is 11.8 Å². The zero-order valence-electron chi connectivity index (χ0n) is 12.2. The number of carbonyl (C=O) groups is 2. The average molecular weight is 311 g/mol. The van der Waals surface area contributed by atoms with Crippen molar-refractivity contribution >= 4 is 29.1 Å². The smallest absolute Gasteiger partial charge is 0.229 e. The lowest BCUT2D eigenvalue weighted by Crippen LogP contribution is -2.28. The Morgan fingerprint density at radius 1 is 1.48 bits per heavy atom. The van der Waals surface area contributed by atoms with Crippen molar-refractivity contribution in [2.45, 2.75) is 20.3 Å². The molecule has 0 unspecified atom stereocenters. The van der Waals surface area contributed by atoms with Gasteiger partial charge in [0.25, 0.3) is 0 Å². The molecule has 1 saturated heterocycles. The van der Waals surface area contributed by atoms with Crippen LogP contribution in [0.1, 0.15) is 20.3 Å². The number of benzene rings is 1. The number of anilines is 1. The summed E-state index contributed by atoms with van der Waals surface area (Å²) in [6.45, 7) is 5.31. The summed E-state index contributed by atoms with van der Waals surface area (Å²) in [7, 11) is 0. The first kappa shape index (κ1) is 15.6. The molecule has 1 aromatic rings. The standard InChI is InChI=1S/C15H19ClN2O3/c1-3-18-9-10(8-13(18)19)15(20)17-12-7-5-6-11(16)14(12)21-4-2/h5-7,10H,3-4,8-9H2,1-2H3,(H,17,20)/t10-/m1/s1. The Morgan fingerprint density at radius 2 is 2.24 bits per heavy atom. The molecule has 1 aliphatic heterocycles. The van der Waals surface area contributed by atoms with Gasteiger partial charge in [0, 0.05) is 19.5 Å². The van der Waals surface area contributed by atoms with E-state index >= 15 is 0 Å². The molecule has 1 N–H and O–H groups in total. The molecule has 0 aliphatic carbocycles. The predicted octanol–water partition coefficient (Wildman–Crippen LogP) is 2.55. The van der Waals surface area contributed by atoms with Gasteiger partial charge in [0.05, 0.1) is 23.2 Å². The normalized spacial score (nSPS) is 18.0. The van der Waals surface area contributed by atoms with E-state index in [1.807, 2.05) is 13.8 Å². The summed E-state index contributed by atoms with van der Waals surface area (Å²) in [6.07, 6.45) is 0.254. The van der Waals surface area contributed by atoms with Gasteiger partial charge in [0.1, 0.15) is 0 Å². The Labute approximate surface area is 129 Å². The molecule has 1 atom stereocenters. The van der Waals surface area contributed by atoms with E-state index in [0.717, 1.165) is 0 Å². The van der Waals surface area contributed by atoms with Gasteiger partial charge < -0.3 is 15.0 Å². The van der Waals surface area contributed by atoms with Crippen molar-refractivity contribution in [3.63, 3.8) is 0 Å². The predicted molar refractivity (Wildman–Crippen MR) is 81.6 cm³/mol. The minimum absolute atomic E-state index is 0.0220. The molecular weight excluding hydrogens is 292 g/mol. The second kappa shape index (κ2) is 6.80. The fraction of sp³-hybridized carbons (Fsp3) is 0.467. The number of carbonyl (C=O) groups excluding carboxylic acids is 2. The molecule has 0 aromatic heterocycles. The van der Waals surface area contributed by atoms with Crippen LogP contribution < -0.4 is 10.1 Å². The van der Waals surface area contributed by atoms with Crippen molar-refractivity contribution in [1.29, 1.82) is 0 Å². The molecular formula is C15H19ClN2O3. The summed E-state index contributed by atoms with van der Waals surface area (Å²) >= 11 is 6.08. The highest BCUT2D eigenvalue weighted by molar-refractivity contribution is 6.32. The van der Waals surface area contributed by atoms with Crippen LogP contribution >= 0.6 is 11.6 Å². The highest BCUT2D eigenvalue weighted by Crippen LogP contribution is 2.33. The summed E-state index contributed by atoms with van der Waals surface area (Å²) < 4.78 is 5.47. The molecule has 0 spiro atoms. The third-order valence-corrected chi connectivity index (χ3v) is 3.78. The first-order chi connectivity index (χ1) is 10.1. The Morgan fingerprint density at radius 3 is 2.86 bits per heavy atom. The lowest BCUT2D eigenvalue weighted by molar-refractivity contribution is -0.128. The van der Waals surface area contributed by atoms with Crippen LogP contribution in [0.5, 0.6) is 5.75 Å². The highest BCUT2D eigenvalue weighted by Gasteiger charge is 2.33. The van der Waals surface area contributed by atoms with E-state index in [9.17, 15) is 9.59 Å². The van der Waals surface area contributed by atoms with Crippen LogP contribution in [0.4, 0.5) is 5.69 Å².